The molecule has 1 heterocycles. The fraction of sp³-hybridized carbons (Fsp3) is 0.316. The summed E-state index contributed by atoms with van der Waals surface area (Å²) in [7, 11) is 0. The molecule has 0 aromatic heterocycles. The lowest BCUT2D eigenvalue weighted by Crippen LogP contribution is -2.35. The van der Waals surface area contributed by atoms with Crippen molar-refractivity contribution in [3.8, 4) is 0 Å². The van der Waals surface area contributed by atoms with Crippen LogP contribution in [-0.4, -0.2) is 41.9 Å². The molecule has 0 saturated carbocycles. The van der Waals surface area contributed by atoms with Crippen LogP contribution in [0.2, 0.25) is 15.1 Å². The van der Waals surface area contributed by atoms with E-state index in [1.807, 2.05) is 29.2 Å². The minimum absolute atomic E-state index is 0.0936. The molecule has 2 aromatic carbocycles. The molecule has 3 rings (SSSR count). The standard InChI is InChI=1S/C19H19Cl3N2O/c20-15-7-5-14(6-8-15)13-23-9-2-10-24(12-11-23)19(25)18-16(21)3-1-4-17(18)22/h1,3-8H,2,9-13H2. The highest BCUT2D eigenvalue weighted by Gasteiger charge is 2.23. The van der Waals surface area contributed by atoms with Gasteiger partial charge in [-0.15, -0.1) is 0 Å². The zero-order valence-electron chi connectivity index (χ0n) is 13.7. The Labute approximate surface area is 163 Å². The fourth-order valence-corrected chi connectivity index (χ4v) is 3.73. The number of benzene rings is 2. The van der Waals surface area contributed by atoms with Gasteiger partial charge in [0.25, 0.3) is 5.91 Å². The first-order valence-electron chi connectivity index (χ1n) is 8.24. The largest absolute Gasteiger partial charge is 0.337 e. The second kappa shape index (κ2) is 8.41. The van der Waals surface area contributed by atoms with Crippen molar-refractivity contribution in [2.24, 2.45) is 0 Å². The molecule has 0 aliphatic carbocycles. The zero-order chi connectivity index (χ0) is 17.8. The molecule has 0 bridgehead atoms. The molecule has 0 radical (unpaired) electrons. The van der Waals surface area contributed by atoms with Crippen LogP contribution in [0.4, 0.5) is 0 Å². The maximum atomic E-state index is 12.8. The Kier molecular flexibility index (Phi) is 6.24. The Hall–Kier alpha value is -1.26. The van der Waals surface area contributed by atoms with Crippen molar-refractivity contribution in [3.63, 3.8) is 0 Å². The van der Waals surface area contributed by atoms with E-state index in [-0.39, 0.29) is 5.91 Å². The van der Waals surface area contributed by atoms with E-state index in [1.54, 1.807) is 18.2 Å². The summed E-state index contributed by atoms with van der Waals surface area (Å²) in [5.74, 6) is -0.0936. The summed E-state index contributed by atoms with van der Waals surface area (Å²) in [6.45, 7) is 3.98. The number of nitrogens with zero attached hydrogens (tertiary/aromatic N) is 2. The summed E-state index contributed by atoms with van der Waals surface area (Å²) in [5.41, 5.74) is 1.62. The van der Waals surface area contributed by atoms with Gasteiger partial charge in [0.1, 0.15) is 0 Å². The summed E-state index contributed by atoms with van der Waals surface area (Å²) in [4.78, 5) is 17.0. The number of amides is 1. The van der Waals surface area contributed by atoms with Crippen LogP contribution < -0.4 is 0 Å². The van der Waals surface area contributed by atoms with Crippen LogP contribution in [0.5, 0.6) is 0 Å². The van der Waals surface area contributed by atoms with Crippen LogP contribution in [0, 0.1) is 0 Å². The molecule has 1 amide bonds. The monoisotopic (exact) mass is 396 g/mol. The number of hydrogen-bond acceptors (Lipinski definition) is 2. The SMILES string of the molecule is O=C(c1c(Cl)cccc1Cl)N1CCCN(Cc2ccc(Cl)cc2)CC1. The molecule has 1 fully saturated rings. The molecular weight excluding hydrogens is 379 g/mol. The highest BCUT2D eigenvalue weighted by Crippen LogP contribution is 2.26. The van der Waals surface area contributed by atoms with E-state index in [1.165, 1.54) is 5.56 Å². The first-order valence-corrected chi connectivity index (χ1v) is 9.38. The highest BCUT2D eigenvalue weighted by atomic mass is 35.5. The number of hydrogen-bond donors (Lipinski definition) is 0. The number of carbonyl (C=O) groups is 1. The van der Waals surface area contributed by atoms with Crippen LogP contribution in [-0.2, 0) is 6.54 Å². The van der Waals surface area contributed by atoms with Crippen molar-refractivity contribution in [1.29, 1.82) is 0 Å². The van der Waals surface area contributed by atoms with Gasteiger partial charge < -0.3 is 4.90 Å². The third kappa shape index (κ3) is 4.68. The normalized spacial score (nSPS) is 15.9. The summed E-state index contributed by atoms with van der Waals surface area (Å²) in [5, 5.41) is 1.55. The van der Waals surface area contributed by atoms with Gasteiger partial charge in [-0.2, -0.15) is 0 Å². The molecule has 0 spiro atoms. The van der Waals surface area contributed by atoms with E-state index in [0.29, 0.717) is 28.7 Å². The average molecular weight is 398 g/mol. The van der Waals surface area contributed by atoms with Gasteiger partial charge >= 0.3 is 0 Å². The molecule has 3 nitrogen and oxygen atoms in total. The van der Waals surface area contributed by atoms with Crippen LogP contribution >= 0.6 is 34.8 Å². The lowest BCUT2D eigenvalue weighted by molar-refractivity contribution is 0.0761. The average Bonchev–Trinajstić information content (AvgIpc) is 2.82. The molecule has 0 atom stereocenters. The van der Waals surface area contributed by atoms with Crippen LogP contribution in [0.15, 0.2) is 42.5 Å². The van der Waals surface area contributed by atoms with Crippen molar-refractivity contribution >= 4 is 40.7 Å². The summed E-state index contributed by atoms with van der Waals surface area (Å²) < 4.78 is 0. The van der Waals surface area contributed by atoms with Crippen molar-refractivity contribution in [2.75, 3.05) is 26.2 Å². The highest BCUT2D eigenvalue weighted by molar-refractivity contribution is 6.39. The van der Waals surface area contributed by atoms with Gasteiger partial charge in [0.2, 0.25) is 0 Å². The number of carbonyl (C=O) groups excluding carboxylic acids is 1. The van der Waals surface area contributed by atoms with E-state index in [9.17, 15) is 4.79 Å². The second-order valence-electron chi connectivity index (χ2n) is 6.15. The minimum atomic E-state index is -0.0936. The van der Waals surface area contributed by atoms with E-state index < -0.39 is 0 Å². The Bertz CT molecular complexity index is 729. The van der Waals surface area contributed by atoms with E-state index >= 15 is 0 Å². The van der Waals surface area contributed by atoms with Crippen molar-refractivity contribution in [3.05, 3.63) is 68.7 Å². The molecule has 2 aromatic rings. The first-order chi connectivity index (χ1) is 12.0. The second-order valence-corrected chi connectivity index (χ2v) is 7.40. The fourth-order valence-electron chi connectivity index (χ4n) is 3.04. The third-order valence-corrected chi connectivity index (χ3v) is 5.25. The summed E-state index contributed by atoms with van der Waals surface area (Å²) >= 11 is 18.3. The van der Waals surface area contributed by atoms with E-state index in [0.717, 1.165) is 31.1 Å². The quantitative estimate of drug-likeness (QED) is 0.728. The van der Waals surface area contributed by atoms with Gasteiger partial charge in [0, 0.05) is 37.7 Å². The summed E-state index contributed by atoms with van der Waals surface area (Å²) in [6.07, 6.45) is 0.918. The molecule has 1 aliphatic heterocycles. The zero-order valence-corrected chi connectivity index (χ0v) is 16.0. The molecule has 132 valence electrons. The predicted octanol–water partition coefficient (Wildman–Crippen LogP) is 4.99. The van der Waals surface area contributed by atoms with Crippen molar-refractivity contribution in [1.82, 2.24) is 9.80 Å². The van der Waals surface area contributed by atoms with Crippen LogP contribution in [0.3, 0.4) is 0 Å². The van der Waals surface area contributed by atoms with Gasteiger partial charge in [-0.3, -0.25) is 9.69 Å². The maximum absolute atomic E-state index is 12.8. The Balaban J connectivity index is 1.65. The van der Waals surface area contributed by atoms with Crippen LogP contribution in [0.25, 0.3) is 0 Å². The lowest BCUT2D eigenvalue weighted by Gasteiger charge is -2.23. The van der Waals surface area contributed by atoms with Gasteiger partial charge in [-0.05, 0) is 36.2 Å². The molecule has 1 aliphatic rings. The third-order valence-electron chi connectivity index (χ3n) is 4.37. The molecular formula is C19H19Cl3N2O. The van der Waals surface area contributed by atoms with Gasteiger partial charge in [0.15, 0.2) is 0 Å². The van der Waals surface area contributed by atoms with Crippen LogP contribution in [0.1, 0.15) is 22.3 Å². The first kappa shape index (κ1) is 18.5. The molecule has 25 heavy (non-hydrogen) atoms. The van der Waals surface area contributed by atoms with Gasteiger partial charge in [0.05, 0.1) is 15.6 Å². The van der Waals surface area contributed by atoms with Gasteiger partial charge in [-0.25, -0.2) is 0 Å². The predicted molar refractivity (Wildman–Crippen MR) is 104 cm³/mol. The molecule has 0 N–H and O–H groups in total. The topological polar surface area (TPSA) is 23.6 Å². The van der Waals surface area contributed by atoms with E-state index in [4.69, 9.17) is 34.8 Å². The molecule has 1 saturated heterocycles. The lowest BCUT2D eigenvalue weighted by atomic mass is 10.2. The Morgan fingerprint density at radius 3 is 2.24 bits per heavy atom. The van der Waals surface area contributed by atoms with Gasteiger partial charge in [-0.1, -0.05) is 53.0 Å². The number of halogens is 3. The molecule has 6 heteroatoms. The van der Waals surface area contributed by atoms with Crippen molar-refractivity contribution < 1.29 is 4.79 Å². The molecule has 0 unspecified atom stereocenters. The van der Waals surface area contributed by atoms with Crippen molar-refractivity contribution in [2.45, 2.75) is 13.0 Å². The maximum Gasteiger partial charge on any atom is 0.256 e. The number of rotatable bonds is 3. The Morgan fingerprint density at radius 1 is 0.880 bits per heavy atom. The van der Waals surface area contributed by atoms with E-state index in [2.05, 4.69) is 4.90 Å². The summed E-state index contributed by atoms with van der Waals surface area (Å²) in [6, 6.07) is 13.0. The Morgan fingerprint density at radius 2 is 1.56 bits per heavy atom. The minimum Gasteiger partial charge on any atom is -0.337 e. The smallest absolute Gasteiger partial charge is 0.256 e.